The maximum atomic E-state index is 11.6. The molecule has 0 amide bonds. The van der Waals surface area contributed by atoms with Crippen LogP contribution in [0.2, 0.25) is 0 Å². The molecule has 0 spiro atoms. The Kier molecular flexibility index (Phi) is 3.37. The molecule has 3 nitrogen and oxygen atoms in total. The van der Waals surface area contributed by atoms with Gasteiger partial charge < -0.3 is 9.90 Å². The zero-order chi connectivity index (χ0) is 11.5. The number of hydrogen-bond donors (Lipinski definition) is 1. The second-order valence-electron chi connectivity index (χ2n) is 3.96. The lowest BCUT2D eigenvalue weighted by atomic mass is 9.96. The summed E-state index contributed by atoms with van der Waals surface area (Å²) in [4.78, 5) is 21.9. The van der Waals surface area contributed by atoms with E-state index in [1.807, 2.05) is 0 Å². The highest BCUT2D eigenvalue weighted by atomic mass is 16.3. The molecule has 1 aromatic carbocycles. The van der Waals surface area contributed by atoms with Crippen LogP contribution in [-0.4, -0.2) is 22.8 Å². The Labute approximate surface area is 88.7 Å². The number of carbonyl (C=O) groups excluding carboxylic acids is 2. The maximum absolute atomic E-state index is 11.6. The topological polar surface area (TPSA) is 54.4 Å². The number of benzene rings is 1. The van der Waals surface area contributed by atoms with Gasteiger partial charge in [0, 0.05) is 12.0 Å². The van der Waals surface area contributed by atoms with Gasteiger partial charge in [-0.15, -0.1) is 0 Å². The van der Waals surface area contributed by atoms with Gasteiger partial charge in [0.25, 0.3) is 0 Å². The predicted molar refractivity (Wildman–Crippen MR) is 56.8 cm³/mol. The molecule has 0 aliphatic rings. The van der Waals surface area contributed by atoms with Gasteiger partial charge in [-0.3, -0.25) is 4.79 Å². The summed E-state index contributed by atoms with van der Waals surface area (Å²) in [6.07, 6.45) is 1.16. The summed E-state index contributed by atoms with van der Waals surface area (Å²) in [5.41, 5.74) is -0.0407. The Morgan fingerprint density at radius 1 is 1.33 bits per heavy atom. The van der Waals surface area contributed by atoms with Crippen molar-refractivity contribution >= 4 is 12.1 Å². The molecule has 0 aliphatic carbocycles. The van der Waals surface area contributed by atoms with Gasteiger partial charge >= 0.3 is 0 Å². The highest BCUT2D eigenvalue weighted by molar-refractivity contribution is 6.01. The van der Waals surface area contributed by atoms with E-state index >= 15 is 0 Å². The fourth-order valence-corrected chi connectivity index (χ4v) is 1.24. The molecule has 0 radical (unpaired) electrons. The Balaban J connectivity index is 2.89. The third-order valence-electron chi connectivity index (χ3n) is 2.09. The molecule has 1 aromatic rings. The van der Waals surface area contributed by atoms with Crippen LogP contribution in [0.4, 0.5) is 0 Å². The van der Waals surface area contributed by atoms with E-state index in [2.05, 4.69) is 0 Å². The van der Waals surface area contributed by atoms with Gasteiger partial charge in [-0.05, 0) is 19.4 Å². The summed E-state index contributed by atoms with van der Waals surface area (Å²) >= 11 is 0. The SMILES string of the molecule is CC(C)(O)C(=O)c1ccc(CC=O)cc1. The second-order valence-corrected chi connectivity index (χ2v) is 3.96. The molecule has 3 heteroatoms. The molecule has 80 valence electrons. The van der Waals surface area contributed by atoms with Crippen LogP contribution in [-0.2, 0) is 11.2 Å². The smallest absolute Gasteiger partial charge is 0.193 e. The fraction of sp³-hybridized carbons (Fsp3) is 0.333. The van der Waals surface area contributed by atoms with Crippen molar-refractivity contribution in [3.05, 3.63) is 35.4 Å². The summed E-state index contributed by atoms with van der Waals surface area (Å²) < 4.78 is 0. The summed E-state index contributed by atoms with van der Waals surface area (Å²) in [5, 5.41) is 9.51. The predicted octanol–water partition coefficient (Wildman–Crippen LogP) is 1.38. The zero-order valence-corrected chi connectivity index (χ0v) is 8.86. The first kappa shape index (κ1) is 11.6. The van der Waals surface area contributed by atoms with E-state index < -0.39 is 5.60 Å². The first-order valence-corrected chi connectivity index (χ1v) is 4.75. The van der Waals surface area contributed by atoms with Crippen molar-refractivity contribution in [1.29, 1.82) is 0 Å². The van der Waals surface area contributed by atoms with Gasteiger partial charge in [0.15, 0.2) is 5.78 Å². The number of aldehydes is 1. The number of rotatable bonds is 4. The molecule has 0 unspecified atom stereocenters. The zero-order valence-electron chi connectivity index (χ0n) is 8.86. The van der Waals surface area contributed by atoms with Crippen LogP contribution in [0.15, 0.2) is 24.3 Å². The first-order valence-electron chi connectivity index (χ1n) is 4.75. The lowest BCUT2D eigenvalue weighted by Crippen LogP contribution is -2.31. The lowest BCUT2D eigenvalue weighted by molar-refractivity contribution is -0.107. The van der Waals surface area contributed by atoms with Gasteiger partial charge in [0.05, 0.1) is 0 Å². The summed E-state index contributed by atoms with van der Waals surface area (Å²) in [5.74, 6) is -0.319. The molecule has 0 heterocycles. The van der Waals surface area contributed by atoms with E-state index in [9.17, 15) is 14.7 Å². The van der Waals surface area contributed by atoms with Gasteiger partial charge in [0.2, 0.25) is 0 Å². The number of carbonyl (C=O) groups is 2. The molecule has 0 fully saturated rings. The highest BCUT2D eigenvalue weighted by Crippen LogP contribution is 2.13. The molecule has 0 saturated heterocycles. The molecule has 0 bridgehead atoms. The molecule has 0 saturated carbocycles. The van der Waals surface area contributed by atoms with Gasteiger partial charge in [-0.2, -0.15) is 0 Å². The van der Waals surface area contributed by atoms with Crippen LogP contribution in [0.1, 0.15) is 29.8 Å². The third kappa shape index (κ3) is 2.99. The van der Waals surface area contributed by atoms with Crippen LogP contribution in [0.25, 0.3) is 0 Å². The van der Waals surface area contributed by atoms with E-state index in [1.165, 1.54) is 13.8 Å². The minimum Gasteiger partial charge on any atom is -0.382 e. The van der Waals surface area contributed by atoms with Gasteiger partial charge in [0.1, 0.15) is 11.9 Å². The van der Waals surface area contributed by atoms with E-state index in [-0.39, 0.29) is 5.78 Å². The first-order chi connectivity index (χ1) is 6.95. The normalized spacial score (nSPS) is 11.1. The molecule has 1 N–H and O–H groups in total. The quantitative estimate of drug-likeness (QED) is 0.598. The average Bonchev–Trinajstić information content (AvgIpc) is 2.17. The molecular weight excluding hydrogens is 192 g/mol. The number of ketones is 1. The minimum atomic E-state index is -1.35. The Morgan fingerprint density at radius 3 is 2.27 bits per heavy atom. The van der Waals surface area contributed by atoms with Crippen molar-refractivity contribution in [2.45, 2.75) is 25.9 Å². The summed E-state index contributed by atoms with van der Waals surface area (Å²) in [7, 11) is 0. The molecule has 1 rings (SSSR count). The highest BCUT2D eigenvalue weighted by Gasteiger charge is 2.24. The Bertz CT molecular complexity index is 357. The lowest BCUT2D eigenvalue weighted by Gasteiger charge is -2.15. The third-order valence-corrected chi connectivity index (χ3v) is 2.09. The summed E-state index contributed by atoms with van der Waals surface area (Å²) in [6.45, 7) is 2.91. The molecule has 0 aromatic heterocycles. The van der Waals surface area contributed by atoms with Gasteiger partial charge in [-0.25, -0.2) is 0 Å². The average molecular weight is 206 g/mol. The fourth-order valence-electron chi connectivity index (χ4n) is 1.24. The Morgan fingerprint density at radius 2 is 1.87 bits per heavy atom. The number of hydrogen-bond acceptors (Lipinski definition) is 3. The Hall–Kier alpha value is -1.48. The number of Topliss-reactive ketones (excluding diaryl/α,β-unsaturated/α-hetero) is 1. The second kappa shape index (κ2) is 4.36. The van der Waals surface area contributed by atoms with Crippen molar-refractivity contribution in [3.63, 3.8) is 0 Å². The van der Waals surface area contributed by atoms with E-state index in [0.717, 1.165) is 11.8 Å². The van der Waals surface area contributed by atoms with Crippen LogP contribution in [0.3, 0.4) is 0 Å². The van der Waals surface area contributed by atoms with Crippen LogP contribution >= 0.6 is 0 Å². The molecule has 0 atom stereocenters. The minimum absolute atomic E-state index is 0.319. The van der Waals surface area contributed by atoms with Crippen LogP contribution < -0.4 is 0 Å². The molecule has 15 heavy (non-hydrogen) atoms. The standard InChI is InChI=1S/C12H14O3/c1-12(2,15)11(14)10-5-3-9(4-6-10)7-8-13/h3-6,8,15H,7H2,1-2H3. The van der Waals surface area contributed by atoms with E-state index in [1.54, 1.807) is 24.3 Å². The monoisotopic (exact) mass is 206 g/mol. The number of aliphatic hydroxyl groups is 1. The van der Waals surface area contributed by atoms with Crippen LogP contribution in [0, 0.1) is 0 Å². The largest absolute Gasteiger partial charge is 0.382 e. The molecular formula is C12H14O3. The van der Waals surface area contributed by atoms with E-state index in [4.69, 9.17) is 0 Å². The molecule has 0 aliphatic heterocycles. The van der Waals surface area contributed by atoms with Crippen molar-refractivity contribution in [2.75, 3.05) is 0 Å². The van der Waals surface area contributed by atoms with Gasteiger partial charge in [-0.1, -0.05) is 24.3 Å². The van der Waals surface area contributed by atoms with Crippen molar-refractivity contribution in [2.24, 2.45) is 0 Å². The van der Waals surface area contributed by atoms with Crippen molar-refractivity contribution in [3.8, 4) is 0 Å². The van der Waals surface area contributed by atoms with Crippen molar-refractivity contribution < 1.29 is 14.7 Å². The summed E-state index contributed by atoms with van der Waals surface area (Å²) in [6, 6.07) is 6.68. The maximum Gasteiger partial charge on any atom is 0.193 e. The van der Waals surface area contributed by atoms with E-state index in [0.29, 0.717) is 12.0 Å². The van der Waals surface area contributed by atoms with Crippen LogP contribution in [0.5, 0.6) is 0 Å². The van der Waals surface area contributed by atoms with Crippen molar-refractivity contribution in [1.82, 2.24) is 0 Å².